The van der Waals surface area contributed by atoms with Crippen LogP contribution in [-0.4, -0.2) is 0 Å². The normalized spacial score (nSPS) is 11.6. The first-order valence-corrected chi connectivity index (χ1v) is 13.4. The van der Waals surface area contributed by atoms with Crippen LogP contribution < -0.4 is 0 Å². The van der Waals surface area contributed by atoms with Crippen LogP contribution in [0, 0.1) is 0 Å². The van der Waals surface area contributed by atoms with Crippen molar-refractivity contribution in [2.45, 2.75) is 0 Å². The number of hydrogen-bond acceptors (Lipinski definition) is 1. The lowest BCUT2D eigenvalue weighted by molar-refractivity contribution is 0.670. The maximum absolute atomic E-state index is 6.57. The van der Waals surface area contributed by atoms with Crippen molar-refractivity contribution < 1.29 is 4.42 Å². The first kappa shape index (κ1) is 21.9. The Bertz CT molecular complexity index is 2050. The first-order chi connectivity index (χ1) is 19.4. The Balaban J connectivity index is 1.57. The Kier molecular flexibility index (Phi) is 4.89. The van der Waals surface area contributed by atoms with E-state index in [1.165, 1.54) is 49.4 Å². The SMILES string of the molecule is c1ccc(-c2cccc3c(-c4cccc5c4oc4ccccc45)c4cccc(-c5ccccc5)c4cc23)cc1. The Labute approximate surface area is 226 Å². The molecule has 0 radical (unpaired) electrons. The minimum atomic E-state index is 0.916. The van der Waals surface area contributed by atoms with E-state index in [1.807, 2.05) is 6.07 Å². The summed E-state index contributed by atoms with van der Waals surface area (Å²) in [6.07, 6.45) is 0. The molecule has 1 heterocycles. The lowest BCUT2D eigenvalue weighted by atomic mass is 9.86. The fraction of sp³-hybridized carbons (Fsp3) is 0. The molecule has 182 valence electrons. The van der Waals surface area contributed by atoms with Gasteiger partial charge < -0.3 is 4.42 Å². The van der Waals surface area contributed by atoms with Gasteiger partial charge in [-0.1, -0.05) is 133 Å². The van der Waals surface area contributed by atoms with E-state index in [9.17, 15) is 0 Å². The van der Waals surface area contributed by atoms with Crippen LogP contribution >= 0.6 is 0 Å². The van der Waals surface area contributed by atoms with Crippen molar-refractivity contribution in [3.8, 4) is 33.4 Å². The van der Waals surface area contributed by atoms with Crippen LogP contribution in [0.5, 0.6) is 0 Å². The molecule has 39 heavy (non-hydrogen) atoms. The van der Waals surface area contributed by atoms with Crippen LogP contribution in [0.25, 0.3) is 76.9 Å². The maximum atomic E-state index is 6.57. The van der Waals surface area contributed by atoms with E-state index in [4.69, 9.17) is 4.42 Å². The second kappa shape index (κ2) is 8.72. The van der Waals surface area contributed by atoms with Gasteiger partial charge in [-0.15, -0.1) is 0 Å². The van der Waals surface area contributed by atoms with E-state index in [2.05, 4.69) is 140 Å². The molecule has 0 bridgehead atoms. The fourth-order valence-corrected chi connectivity index (χ4v) is 6.14. The van der Waals surface area contributed by atoms with Crippen molar-refractivity contribution in [1.82, 2.24) is 0 Å². The van der Waals surface area contributed by atoms with Crippen LogP contribution in [-0.2, 0) is 0 Å². The Morgan fingerprint density at radius 1 is 0.333 bits per heavy atom. The molecule has 7 aromatic carbocycles. The summed E-state index contributed by atoms with van der Waals surface area (Å²) in [5.74, 6) is 0. The zero-order valence-corrected chi connectivity index (χ0v) is 21.3. The molecular formula is C38H24O. The number of furan rings is 1. The van der Waals surface area contributed by atoms with Gasteiger partial charge in [0.2, 0.25) is 0 Å². The smallest absolute Gasteiger partial charge is 0.143 e. The van der Waals surface area contributed by atoms with Crippen LogP contribution in [0.2, 0.25) is 0 Å². The monoisotopic (exact) mass is 496 g/mol. The van der Waals surface area contributed by atoms with Gasteiger partial charge in [0.05, 0.1) is 0 Å². The molecule has 0 spiro atoms. The Morgan fingerprint density at radius 3 is 1.44 bits per heavy atom. The molecule has 1 nitrogen and oxygen atoms in total. The summed E-state index contributed by atoms with van der Waals surface area (Å²) < 4.78 is 6.57. The molecular weight excluding hydrogens is 472 g/mol. The molecule has 0 aliphatic carbocycles. The van der Waals surface area contributed by atoms with E-state index in [1.54, 1.807) is 0 Å². The third kappa shape index (κ3) is 3.41. The molecule has 0 atom stereocenters. The van der Waals surface area contributed by atoms with E-state index in [-0.39, 0.29) is 0 Å². The highest BCUT2D eigenvalue weighted by Crippen LogP contribution is 2.45. The summed E-state index contributed by atoms with van der Waals surface area (Å²) in [5.41, 5.74) is 9.08. The molecule has 0 unspecified atom stereocenters. The highest BCUT2D eigenvalue weighted by atomic mass is 16.3. The minimum Gasteiger partial charge on any atom is -0.455 e. The second-order valence-electron chi connectivity index (χ2n) is 10.1. The molecule has 0 saturated heterocycles. The first-order valence-electron chi connectivity index (χ1n) is 13.4. The molecule has 0 N–H and O–H groups in total. The van der Waals surface area contributed by atoms with Gasteiger partial charge in [0.25, 0.3) is 0 Å². The topological polar surface area (TPSA) is 13.1 Å². The number of para-hydroxylation sites is 2. The summed E-state index contributed by atoms with van der Waals surface area (Å²) in [7, 11) is 0. The summed E-state index contributed by atoms with van der Waals surface area (Å²) in [6.45, 7) is 0. The molecule has 0 aliphatic heterocycles. The fourth-order valence-electron chi connectivity index (χ4n) is 6.14. The third-order valence-corrected chi connectivity index (χ3v) is 7.88. The van der Waals surface area contributed by atoms with E-state index >= 15 is 0 Å². The van der Waals surface area contributed by atoms with Gasteiger partial charge in [0.1, 0.15) is 11.2 Å². The van der Waals surface area contributed by atoms with Crippen molar-refractivity contribution >= 4 is 43.5 Å². The predicted octanol–water partition coefficient (Wildman–Crippen LogP) is 10.9. The Hall–Kier alpha value is -5.14. The van der Waals surface area contributed by atoms with Crippen LogP contribution in [0.15, 0.2) is 150 Å². The van der Waals surface area contributed by atoms with E-state index in [0.717, 1.165) is 27.5 Å². The van der Waals surface area contributed by atoms with Crippen molar-refractivity contribution in [2.24, 2.45) is 0 Å². The van der Waals surface area contributed by atoms with Gasteiger partial charge in [-0.3, -0.25) is 0 Å². The zero-order chi connectivity index (χ0) is 25.8. The molecule has 0 fully saturated rings. The molecule has 8 aromatic rings. The molecule has 8 rings (SSSR count). The molecule has 1 aromatic heterocycles. The average Bonchev–Trinajstić information content (AvgIpc) is 3.39. The number of fused-ring (bicyclic) bond motifs is 5. The number of benzene rings is 7. The van der Waals surface area contributed by atoms with Gasteiger partial charge in [-0.2, -0.15) is 0 Å². The van der Waals surface area contributed by atoms with Crippen LogP contribution in [0.3, 0.4) is 0 Å². The van der Waals surface area contributed by atoms with E-state index in [0.29, 0.717) is 0 Å². The molecule has 0 aliphatic rings. The van der Waals surface area contributed by atoms with Gasteiger partial charge in [-0.25, -0.2) is 0 Å². The molecule has 0 saturated carbocycles. The summed E-state index contributed by atoms with van der Waals surface area (Å²) in [4.78, 5) is 0. The van der Waals surface area contributed by atoms with Gasteiger partial charge in [-0.05, 0) is 55.9 Å². The maximum Gasteiger partial charge on any atom is 0.143 e. The summed E-state index contributed by atoms with van der Waals surface area (Å²) >= 11 is 0. The zero-order valence-electron chi connectivity index (χ0n) is 21.3. The van der Waals surface area contributed by atoms with Gasteiger partial charge in [0.15, 0.2) is 0 Å². The van der Waals surface area contributed by atoms with Gasteiger partial charge in [0, 0.05) is 21.9 Å². The lowest BCUT2D eigenvalue weighted by Crippen LogP contribution is -1.91. The lowest BCUT2D eigenvalue weighted by Gasteiger charge is -2.17. The standard InChI is InChI=1S/C38H24O/c1-3-12-25(13-4-1)27-17-9-19-30-34(27)24-35-28(26-14-5-2-6-15-26)18-10-20-31(35)37(30)33-22-11-21-32-29-16-7-8-23-36(29)39-38(32)33/h1-24H. The van der Waals surface area contributed by atoms with E-state index < -0.39 is 0 Å². The number of rotatable bonds is 3. The largest absolute Gasteiger partial charge is 0.455 e. The predicted molar refractivity (Wildman–Crippen MR) is 165 cm³/mol. The Morgan fingerprint density at radius 2 is 0.821 bits per heavy atom. The quantitative estimate of drug-likeness (QED) is 0.222. The van der Waals surface area contributed by atoms with Crippen molar-refractivity contribution in [3.63, 3.8) is 0 Å². The molecule has 1 heteroatoms. The summed E-state index contributed by atoms with van der Waals surface area (Å²) in [5, 5.41) is 7.22. The van der Waals surface area contributed by atoms with Crippen LogP contribution in [0.1, 0.15) is 0 Å². The highest BCUT2D eigenvalue weighted by molar-refractivity contribution is 6.22. The minimum absolute atomic E-state index is 0.916. The van der Waals surface area contributed by atoms with Crippen molar-refractivity contribution in [1.29, 1.82) is 0 Å². The van der Waals surface area contributed by atoms with Crippen molar-refractivity contribution in [3.05, 3.63) is 146 Å². The molecule has 0 amide bonds. The number of hydrogen-bond donors (Lipinski definition) is 0. The highest BCUT2D eigenvalue weighted by Gasteiger charge is 2.19. The third-order valence-electron chi connectivity index (χ3n) is 7.88. The average molecular weight is 497 g/mol. The second-order valence-corrected chi connectivity index (χ2v) is 10.1. The summed E-state index contributed by atoms with van der Waals surface area (Å²) in [6, 6.07) is 52.0. The van der Waals surface area contributed by atoms with Crippen molar-refractivity contribution in [2.75, 3.05) is 0 Å². The van der Waals surface area contributed by atoms with Crippen LogP contribution in [0.4, 0.5) is 0 Å². The van der Waals surface area contributed by atoms with Gasteiger partial charge >= 0.3 is 0 Å².